The molecule has 0 saturated heterocycles. The second-order valence-corrected chi connectivity index (χ2v) is 5.87. The SMILES string of the molecule is Cc1nn(C)cc1/C=N/NC(=O)C(C)Nc1ccc(Br)cc1. The predicted molar refractivity (Wildman–Crippen MR) is 90.9 cm³/mol. The molecule has 1 amide bonds. The van der Waals surface area contributed by atoms with E-state index in [2.05, 4.69) is 36.9 Å². The van der Waals surface area contributed by atoms with E-state index in [9.17, 15) is 4.79 Å². The molecule has 0 spiro atoms. The number of hydrogen-bond acceptors (Lipinski definition) is 4. The summed E-state index contributed by atoms with van der Waals surface area (Å²) in [4.78, 5) is 12.0. The van der Waals surface area contributed by atoms with Crippen LogP contribution in [0.15, 0.2) is 40.0 Å². The van der Waals surface area contributed by atoms with Gasteiger partial charge in [0.25, 0.3) is 5.91 Å². The molecular weight excluding hydrogens is 346 g/mol. The molecule has 0 aliphatic rings. The number of rotatable bonds is 5. The molecule has 2 rings (SSSR count). The maximum Gasteiger partial charge on any atom is 0.262 e. The van der Waals surface area contributed by atoms with Crippen molar-refractivity contribution in [1.82, 2.24) is 15.2 Å². The number of anilines is 1. The lowest BCUT2D eigenvalue weighted by atomic mass is 10.2. The van der Waals surface area contributed by atoms with Crippen molar-refractivity contribution in [2.45, 2.75) is 19.9 Å². The van der Waals surface area contributed by atoms with Crippen LogP contribution in [0.4, 0.5) is 5.69 Å². The molecule has 0 radical (unpaired) electrons. The Labute approximate surface area is 137 Å². The monoisotopic (exact) mass is 363 g/mol. The van der Waals surface area contributed by atoms with Gasteiger partial charge in [0.1, 0.15) is 6.04 Å². The van der Waals surface area contributed by atoms with Gasteiger partial charge in [-0.1, -0.05) is 15.9 Å². The number of benzene rings is 1. The molecular formula is C15H18BrN5O. The van der Waals surface area contributed by atoms with Crippen molar-refractivity contribution in [2.24, 2.45) is 12.1 Å². The van der Waals surface area contributed by atoms with E-state index >= 15 is 0 Å². The zero-order valence-corrected chi connectivity index (χ0v) is 14.3. The van der Waals surface area contributed by atoms with Gasteiger partial charge in [0.05, 0.1) is 11.9 Å². The molecule has 0 fully saturated rings. The summed E-state index contributed by atoms with van der Waals surface area (Å²) < 4.78 is 2.70. The van der Waals surface area contributed by atoms with Crippen molar-refractivity contribution in [3.63, 3.8) is 0 Å². The zero-order chi connectivity index (χ0) is 16.1. The topological polar surface area (TPSA) is 71.3 Å². The average Bonchev–Trinajstić information content (AvgIpc) is 2.79. The summed E-state index contributed by atoms with van der Waals surface area (Å²) >= 11 is 3.37. The number of carbonyl (C=O) groups excluding carboxylic acids is 1. The van der Waals surface area contributed by atoms with Crippen molar-refractivity contribution in [3.05, 3.63) is 46.2 Å². The number of nitrogens with one attached hydrogen (secondary N) is 2. The smallest absolute Gasteiger partial charge is 0.262 e. The molecule has 0 aliphatic heterocycles. The van der Waals surface area contributed by atoms with Crippen LogP contribution in [-0.2, 0) is 11.8 Å². The van der Waals surface area contributed by atoms with Crippen molar-refractivity contribution in [2.75, 3.05) is 5.32 Å². The molecule has 0 bridgehead atoms. The molecule has 0 saturated carbocycles. The van der Waals surface area contributed by atoms with Gasteiger partial charge in [-0.2, -0.15) is 10.2 Å². The highest BCUT2D eigenvalue weighted by Gasteiger charge is 2.11. The van der Waals surface area contributed by atoms with Crippen LogP contribution in [0.2, 0.25) is 0 Å². The predicted octanol–water partition coefficient (Wildman–Crippen LogP) is 2.44. The van der Waals surface area contributed by atoms with Crippen LogP contribution >= 0.6 is 15.9 Å². The van der Waals surface area contributed by atoms with E-state index in [1.807, 2.05) is 44.4 Å². The summed E-state index contributed by atoms with van der Waals surface area (Å²) in [5.74, 6) is -0.208. The fourth-order valence-corrected chi connectivity index (χ4v) is 2.13. The second kappa shape index (κ2) is 7.22. The lowest BCUT2D eigenvalue weighted by Gasteiger charge is -2.13. The van der Waals surface area contributed by atoms with E-state index in [0.717, 1.165) is 21.4 Å². The molecule has 1 atom stereocenters. The van der Waals surface area contributed by atoms with Gasteiger partial charge in [-0.05, 0) is 38.1 Å². The first-order chi connectivity index (χ1) is 10.5. The van der Waals surface area contributed by atoms with Crippen molar-refractivity contribution >= 4 is 33.7 Å². The lowest BCUT2D eigenvalue weighted by molar-refractivity contribution is -0.121. The number of hydrogen-bond donors (Lipinski definition) is 2. The number of carbonyl (C=O) groups is 1. The molecule has 6 nitrogen and oxygen atoms in total. The molecule has 1 heterocycles. The summed E-state index contributed by atoms with van der Waals surface area (Å²) in [6, 6.07) is 7.23. The van der Waals surface area contributed by atoms with Gasteiger partial charge < -0.3 is 5.32 Å². The summed E-state index contributed by atoms with van der Waals surface area (Å²) in [5, 5.41) is 11.3. The Morgan fingerprint density at radius 1 is 1.41 bits per heavy atom. The van der Waals surface area contributed by atoms with Gasteiger partial charge in [0.15, 0.2) is 0 Å². The number of halogens is 1. The maximum absolute atomic E-state index is 12.0. The molecule has 1 unspecified atom stereocenters. The van der Waals surface area contributed by atoms with Crippen molar-refractivity contribution in [3.8, 4) is 0 Å². The third-order valence-electron chi connectivity index (χ3n) is 3.05. The van der Waals surface area contributed by atoms with E-state index in [-0.39, 0.29) is 5.91 Å². The number of nitrogens with zero attached hydrogens (tertiary/aromatic N) is 3. The minimum absolute atomic E-state index is 0.208. The maximum atomic E-state index is 12.0. The van der Waals surface area contributed by atoms with Crippen LogP contribution in [0, 0.1) is 6.92 Å². The number of hydrazone groups is 1. The highest BCUT2D eigenvalue weighted by molar-refractivity contribution is 9.10. The van der Waals surface area contributed by atoms with Gasteiger partial charge >= 0.3 is 0 Å². The summed E-state index contributed by atoms with van der Waals surface area (Å²) in [6.45, 7) is 3.67. The molecule has 2 aromatic rings. The molecule has 7 heteroatoms. The van der Waals surface area contributed by atoms with Crippen molar-refractivity contribution in [1.29, 1.82) is 0 Å². The summed E-state index contributed by atoms with van der Waals surface area (Å²) in [5.41, 5.74) is 5.13. The van der Waals surface area contributed by atoms with Crippen LogP contribution in [-0.4, -0.2) is 27.9 Å². The van der Waals surface area contributed by atoms with E-state index in [1.54, 1.807) is 17.8 Å². The number of amides is 1. The number of aromatic nitrogens is 2. The summed E-state index contributed by atoms with van der Waals surface area (Å²) in [7, 11) is 1.84. The van der Waals surface area contributed by atoms with E-state index in [0.29, 0.717) is 0 Å². The van der Waals surface area contributed by atoms with Gasteiger partial charge in [-0.3, -0.25) is 9.48 Å². The second-order valence-electron chi connectivity index (χ2n) is 4.95. The minimum atomic E-state index is -0.395. The Balaban J connectivity index is 1.88. The van der Waals surface area contributed by atoms with Gasteiger partial charge in [0, 0.05) is 29.0 Å². The molecule has 1 aromatic heterocycles. The average molecular weight is 364 g/mol. The lowest BCUT2D eigenvalue weighted by Crippen LogP contribution is -2.34. The summed E-state index contributed by atoms with van der Waals surface area (Å²) in [6.07, 6.45) is 3.43. The van der Waals surface area contributed by atoms with Crippen LogP contribution < -0.4 is 10.7 Å². The highest BCUT2D eigenvalue weighted by atomic mass is 79.9. The molecule has 116 valence electrons. The Kier molecular flexibility index (Phi) is 5.32. The molecule has 0 aliphatic carbocycles. The molecule has 2 N–H and O–H groups in total. The molecule has 22 heavy (non-hydrogen) atoms. The third kappa shape index (κ3) is 4.42. The standard InChI is InChI=1S/C15H18BrN5O/c1-10-12(9-21(3)20-10)8-17-19-15(22)11(2)18-14-6-4-13(16)5-7-14/h4-9,11,18H,1-3H3,(H,19,22)/b17-8+. The fourth-order valence-electron chi connectivity index (χ4n) is 1.87. The minimum Gasteiger partial charge on any atom is -0.374 e. The first-order valence-electron chi connectivity index (χ1n) is 6.81. The first-order valence-corrected chi connectivity index (χ1v) is 7.60. The van der Waals surface area contributed by atoms with Crippen molar-refractivity contribution < 1.29 is 4.79 Å². The van der Waals surface area contributed by atoms with E-state index < -0.39 is 6.04 Å². The Morgan fingerprint density at radius 3 is 2.68 bits per heavy atom. The van der Waals surface area contributed by atoms with Gasteiger partial charge in [-0.25, -0.2) is 5.43 Å². The highest BCUT2D eigenvalue weighted by Crippen LogP contribution is 2.14. The molecule has 1 aromatic carbocycles. The number of aryl methyl sites for hydroxylation is 2. The third-order valence-corrected chi connectivity index (χ3v) is 3.58. The first kappa shape index (κ1) is 16.2. The fraction of sp³-hybridized carbons (Fsp3) is 0.267. The Morgan fingerprint density at radius 2 is 2.09 bits per heavy atom. The zero-order valence-electron chi connectivity index (χ0n) is 12.7. The quantitative estimate of drug-likeness (QED) is 0.632. The Hall–Kier alpha value is -2.15. The van der Waals surface area contributed by atoms with Crippen LogP contribution in [0.5, 0.6) is 0 Å². The van der Waals surface area contributed by atoms with E-state index in [1.165, 1.54) is 0 Å². The van der Waals surface area contributed by atoms with Crippen LogP contribution in [0.25, 0.3) is 0 Å². The Bertz CT molecular complexity index is 678. The normalized spacial score (nSPS) is 12.4. The van der Waals surface area contributed by atoms with E-state index in [4.69, 9.17) is 0 Å². The largest absolute Gasteiger partial charge is 0.374 e. The van der Waals surface area contributed by atoms with Gasteiger partial charge in [-0.15, -0.1) is 0 Å². The van der Waals surface area contributed by atoms with Crippen LogP contribution in [0.1, 0.15) is 18.2 Å². The van der Waals surface area contributed by atoms with Gasteiger partial charge in [0.2, 0.25) is 0 Å². The van der Waals surface area contributed by atoms with Crippen LogP contribution in [0.3, 0.4) is 0 Å².